The first kappa shape index (κ1) is 13.3. The number of aromatic nitrogens is 2. The highest BCUT2D eigenvalue weighted by Crippen LogP contribution is 2.38. The smallest absolute Gasteiger partial charge is 0.224 e. The van der Waals surface area contributed by atoms with E-state index in [1.165, 1.54) is 0 Å². The summed E-state index contributed by atoms with van der Waals surface area (Å²) in [5.74, 6) is 0.790. The Balaban J connectivity index is 1.62. The van der Waals surface area contributed by atoms with Crippen LogP contribution >= 0.6 is 0 Å². The quantitative estimate of drug-likeness (QED) is 0.839. The number of nitrogens with one attached hydrogen (secondary N) is 1. The molecule has 6 nitrogen and oxygen atoms in total. The second-order valence-electron chi connectivity index (χ2n) is 5.68. The van der Waals surface area contributed by atoms with Crippen molar-refractivity contribution in [3.8, 4) is 0 Å². The summed E-state index contributed by atoms with van der Waals surface area (Å²) in [6, 6.07) is 0.269. The van der Waals surface area contributed by atoms with Crippen LogP contribution in [-0.2, 0) is 16.0 Å². The van der Waals surface area contributed by atoms with E-state index >= 15 is 0 Å². The molecule has 0 radical (unpaired) electrons. The van der Waals surface area contributed by atoms with Crippen molar-refractivity contribution in [2.24, 2.45) is 5.92 Å². The zero-order valence-electron chi connectivity index (χ0n) is 11.8. The number of amides is 1. The summed E-state index contributed by atoms with van der Waals surface area (Å²) >= 11 is 0. The molecule has 2 fully saturated rings. The average Bonchev–Trinajstić information content (AvgIpc) is 2.72. The van der Waals surface area contributed by atoms with Crippen LogP contribution in [-0.4, -0.2) is 34.6 Å². The van der Waals surface area contributed by atoms with Crippen molar-refractivity contribution in [1.82, 2.24) is 15.3 Å². The third-order valence-corrected chi connectivity index (χ3v) is 4.39. The van der Waals surface area contributed by atoms with Crippen LogP contribution < -0.4 is 11.1 Å². The molecule has 1 aliphatic carbocycles. The van der Waals surface area contributed by atoms with Gasteiger partial charge in [-0.25, -0.2) is 9.97 Å². The van der Waals surface area contributed by atoms with Crippen molar-refractivity contribution in [3.63, 3.8) is 0 Å². The summed E-state index contributed by atoms with van der Waals surface area (Å²) < 4.78 is 5.55. The van der Waals surface area contributed by atoms with E-state index in [0.29, 0.717) is 18.4 Å². The molecule has 108 valence electrons. The molecule has 1 aliphatic heterocycles. The fraction of sp³-hybridized carbons (Fsp3) is 0.643. The number of hydrogen-bond acceptors (Lipinski definition) is 5. The monoisotopic (exact) mass is 276 g/mol. The summed E-state index contributed by atoms with van der Waals surface area (Å²) in [6.07, 6.45) is 2.67. The number of carbonyl (C=O) groups excluding carboxylic acids is 1. The van der Waals surface area contributed by atoms with E-state index < -0.39 is 0 Å². The maximum Gasteiger partial charge on any atom is 0.224 e. The van der Waals surface area contributed by atoms with Crippen LogP contribution in [0.2, 0.25) is 0 Å². The average molecular weight is 276 g/mol. The summed E-state index contributed by atoms with van der Waals surface area (Å²) in [6.45, 7) is 4.54. The van der Waals surface area contributed by atoms with Crippen molar-refractivity contribution >= 4 is 11.9 Å². The highest BCUT2D eigenvalue weighted by Gasteiger charge is 2.45. The second kappa shape index (κ2) is 5.01. The number of fused-ring (bicyclic) bond motifs is 1. The van der Waals surface area contributed by atoms with Crippen LogP contribution in [0, 0.1) is 19.8 Å². The molecule has 1 amide bonds. The second-order valence-corrected chi connectivity index (χ2v) is 5.68. The van der Waals surface area contributed by atoms with Gasteiger partial charge in [-0.15, -0.1) is 0 Å². The molecule has 1 saturated carbocycles. The fourth-order valence-electron chi connectivity index (χ4n) is 3.20. The number of nitrogen functional groups attached to an aromatic ring is 1. The predicted octanol–water partition coefficient (Wildman–Crippen LogP) is 0.512. The molecule has 3 N–H and O–H groups in total. The molecule has 6 heteroatoms. The normalized spacial score (nSPS) is 27.8. The lowest BCUT2D eigenvalue weighted by atomic mass is 9.76. The van der Waals surface area contributed by atoms with Crippen LogP contribution in [0.15, 0.2) is 0 Å². The van der Waals surface area contributed by atoms with Crippen LogP contribution in [0.1, 0.15) is 29.8 Å². The largest absolute Gasteiger partial charge is 0.378 e. The van der Waals surface area contributed by atoms with Crippen molar-refractivity contribution in [2.75, 3.05) is 12.3 Å². The molecule has 3 rings (SSSR count). The molecule has 2 aliphatic rings. The van der Waals surface area contributed by atoms with E-state index in [9.17, 15) is 4.79 Å². The van der Waals surface area contributed by atoms with Gasteiger partial charge in [0, 0.05) is 35.5 Å². The van der Waals surface area contributed by atoms with E-state index in [1.807, 2.05) is 13.8 Å². The van der Waals surface area contributed by atoms with E-state index in [-0.39, 0.29) is 17.9 Å². The van der Waals surface area contributed by atoms with Gasteiger partial charge in [-0.2, -0.15) is 0 Å². The third kappa shape index (κ3) is 2.35. The van der Waals surface area contributed by atoms with Gasteiger partial charge in [-0.05, 0) is 26.7 Å². The minimum atomic E-state index is 0.0277. The van der Waals surface area contributed by atoms with Crippen LogP contribution in [0.4, 0.5) is 5.95 Å². The van der Waals surface area contributed by atoms with Crippen molar-refractivity contribution in [2.45, 2.75) is 45.3 Å². The highest BCUT2D eigenvalue weighted by atomic mass is 16.5. The lowest BCUT2D eigenvalue weighted by Crippen LogP contribution is -2.53. The topological polar surface area (TPSA) is 90.1 Å². The van der Waals surface area contributed by atoms with Crippen molar-refractivity contribution in [3.05, 3.63) is 17.0 Å². The third-order valence-electron chi connectivity index (χ3n) is 4.39. The molecule has 3 atom stereocenters. The first-order chi connectivity index (χ1) is 9.54. The van der Waals surface area contributed by atoms with Gasteiger partial charge in [-0.1, -0.05) is 0 Å². The molecule has 0 aromatic carbocycles. The highest BCUT2D eigenvalue weighted by molar-refractivity contribution is 5.79. The number of ether oxygens (including phenoxy) is 1. The van der Waals surface area contributed by atoms with Gasteiger partial charge >= 0.3 is 0 Å². The molecular weight excluding hydrogens is 256 g/mol. The first-order valence-corrected chi connectivity index (χ1v) is 7.05. The molecule has 0 bridgehead atoms. The Kier molecular flexibility index (Phi) is 3.33. The molecule has 0 unspecified atom stereocenters. The minimum Gasteiger partial charge on any atom is -0.378 e. The van der Waals surface area contributed by atoms with E-state index in [4.69, 9.17) is 10.5 Å². The number of nitrogens with zero attached hydrogens (tertiary/aromatic N) is 2. The van der Waals surface area contributed by atoms with Crippen LogP contribution in [0.25, 0.3) is 0 Å². The van der Waals surface area contributed by atoms with E-state index in [1.54, 1.807) is 0 Å². The Hall–Kier alpha value is -1.69. The van der Waals surface area contributed by atoms with Crippen molar-refractivity contribution in [1.29, 1.82) is 0 Å². The van der Waals surface area contributed by atoms with Gasteiger partial charge in [0.25, 0.3) is 0 Å². The Bertz CT molecular complexity index is 523. The molecule has 1 aromatic heterocycles. The maximum absolute atomic E-state index is 12.2. The van der Waals surface area contributed by atoms with Gasteiger partial charge in [-0.3, -0.25) is 4.79 Å². The Morgan fingerprint density at radius 3 is 2.75 bits per heavy atom. The van der Waals surface area contributed by atoms with Gasteiger partial charge < -0.3 is 15.8 Å². The van der Waals surface area contributed by atoms with E-state index in [2.05, 4.69) is 15.3 Å². The summed E-state index contributed by atoms with van der Waals surface area (Å²) in [5, 5.41) is 3.10. The van der Waals surface area contributed by atoms with Gasteiger partial charge in [0.15, 0.2) is 0 Å². The van der Waals surface area contributed by atoms with Gasteiger partial charge in [0.1, 0.15) is 0 Å². The van der Waals surface area contributed by atoms with Crippen LogP contribution in [0.5, 0.6) is 0 Å². The zero-order chi connectivity index (χ0) is 14.3. The predicted molar refractivity (Wildman–Crippen MR) is 74.0 cm³/mol. The van der Waals surface area contributed by atoms with Crippen LogP contribution in [0.3, 0.4) is 0 Å². The molecule has 2 heterocycles. The fourth-order valence-corrected chi connectivity index (χ4v) is 3.20. The molecule has 1 aromatic rings. The Labute approximate surface area is 118 Å². The summed E-state index contributed by atoms with van der Waals surface area (Å²) in [7, 11) is 0. The number of hydrogen-bond donors (Lipinski definition) is 2. The lowest BCUT2D eigenvalue weighted by molar-refractivity contribution is -0.123. The maximum atomic E-state index is 12.2. The number of carbonyl (C=O) groups is 1. The number of anilines is 1. The molecular formula is C14H20N4O2. The first-order valence-electron chi connectivity index (χ1n) is 7.05. The lowest BCUT2D eigenvalue weighted by Gasteiger charge is -2.39. The van der Waals surface area contributed by atoms with Gasteiger partial charge in [0.2, 0.25) is 11.9 Å². The number of rotatable bonds is 3. The molecule has 20 heavy (non-hydrogen) atoms. The SMILES string of the molecule is Cc1nc(N)nc(C)c1CC(=O)N[C@H]1C[C@@H]2OCC[C@H]12. The van der Waals surface area contributed by atoms with E-state index in [0.717, 1.165) is 36.4 Å². The number of aryl methyl sites for hydroxylation is 2. The Morgan fingerprint density at radius 2 is 2.10 bits per heavy atom. The summed E-state index contributed by atoms with van der Waals surface area (Å²) in [4.78, 5) is 20.4. The number of nitrogens with two attached hydrogens (primary N) is 1. The van der Waals surface area contributed by atoms with Gasteiger partial charge in [0.05, 0.1) is 12.5 Å². The Morgan fingerprint density at radius 1 is 1.40 bits per heavy atom. The molecule has 0 spiro atoms. The van der Waals surface area contributed by atoms with Crippen molar-refractivity contribution < 1.29 is 9.53 Å². The molecule has 1 saturated heterocycles. The minimum absolute atomic E-state index is 0.0277. The zero-order valence-corrected chi connectivity index (χ0v) is 11.8. The standard InChI is InChI=1S/C14H20N4O2/c1-7-10(8(2)17-14(15)16-7)5-13(19)18-11-6-12-9(11)3-4-20-12/h9,11-12H,3-6H2,1-2H3,(H,18,19)(H2,15,16,17)/t9-,11+,12+/m1/s1. The summed E-state index contributed by atoms with van der Waals surface area (Å²) in [5.41, 5.74) is 8.02.